The lowest BCUT2D eigenvalue weighted by molar-refractivity contribution is 0.0993. The average Bonchev–Trinajstić information content (AvgIpc) is 2.72. The van der Waals surface area contributed by atoms with Crippen LogP contribution in [-0.4, -0.2) is 44.6 Å². The standard InChI is InChI=1S/C24H31ClN2O2/c1-4-16-26(2)17-7-5-6-8-18-29-23-14-12-22(13-15-23)27(3)24(28)20-10-9-11-21(25)19-20/h4,9-15,19H,1,5-8,16-18H2,2-3H3. The van der Waals surface area contributed by atoms with Crippen LogP contribution in [0.25, 0.3) is 0 Å². The number of hydrogen-bond donors (Lipinski definition) is 0. The van der Waals surface area contributed by atoms with Gasteiger partial charge in [-0.05, 0) is 68.9 Å². The zero-order valence-corrected chi connectivity index (χ0v) is 18.2. The van der Waals surface area contributed by atoms with Gasteiger partial charge in [0.15, 0.2) is 0 Å². The Labute approximate surface area is 179 Å². The molecule has 0 N–H and O–H groups in total. The third-order valence-electron chi connectivity index (χ3n) is 4.74. The minimum atomic E-state index is -0.0973. The van der Waals surface area contributed by atoms with Crippen LogP contribution >= 0.6 is 11.6 Å². The second-order valence-electron chi connectivity index (χ2n) is 7.18. The van der Waals surface area contributed by atoms with Crippen LogP contribution in [0.15, 0.2) is 61.2 Å². The Morgan fingerprint density at radius 1 is 1.07 bits per heavy atom. The summed E-state index contributed by atoms with van der Waals surface area (Å²) in [4.78, 5) is 16.5. The predicted molar refractivity (Wildman–Crippen MR) is 122 cm³/mol. The smallest absolute Gasteiger partial charge is 0.258 e. The van der Waals surface area contributed by atoms with Crippen molar-refractivity contribution >= 4 is 23.2 Å². The molecule has 1 amide bonds. The van der Waals surface area contributed by atoms with Gasteiger partial charge in [0.1, 0.15) is 5.75 Å². The number of carbonyl (C=O) groups is 1. The first kappa shape index (κ1) is 23.0. The van der Waals surface area contributed by atoms with Crippen molar-refractivity contribution in [1.29, 1.82) is 0 Å². The lowest BCUT2D eigenvalue weighted by Crippen LogP contribution is -2.26. The molecule has 0 aromatic heterocycles. The second kappa shape index (κ2) is 12.3. The Balaban J connectivity index is 1.71. The SMILES string of the molecule is C=CCN(C)CCCCCCOc1ccc(N(C)C(=O)c2cccc(Cl)c2)cc1. The largest absolute Gasteiger partial charge is 0.494 e. The van der Waals surface area contributed by atoms with Crippen molar-refractivity contribution in [3.63, 3.8) is 0 Å². The highest BCUT2D eigenvalue weighted by atomic mass is 35.5. The number of hydrogen-bond acceptors (Lipinski definition) is 3. The summed E-state index contributed by atoms with van der Waals surface area (Å²) in [6, 6.07) is 14.6. The molecule has 0 saturated heterocycles. The van der Waals surface area contributed by atoms with Gasteiger partial charge in [0.05, 0.1) is 6.61 Å². The van der Waals surface area contributed by atoms with Crippen LogP contribution in [0.3, 0.4) is 0 Å². The van der Waals surface area contributed by atoms with E-state index in [4.69, 9.17) is 16.3 Å². The van der Waals surface area contributed by atoms with E-state index in [0.717, 1.165) is 37.4 Å². The predicted octanol–water partition coefficient (Wildman–Crippen LogP) is 5.67. The number of halogens is 1. The minimum absolute atomic E-state index is 0.0973. The zero-order chi connectivity index (χ0) is 21.1. The molecular formula is C24H31ClN2O2. The summed E-state index contributed by atoms with van der Waals surface area (Å²) in [5.41, 5.74) is 1.38. The summed E-state index contributed by atoms with van der Waals surface area (Å²) >= 11 is 5.98. The molecule has 0 saturated carbocycles. The van der Waals surface area contributed by atoms with Gasteiger partial charge >= 0.3 is 0 Å². The molecule has 0 unspecified atom stereocenters. The summed E-state index contributed by atoms with van der Waals surface area (Å²) in [5, 5.41) is 0.553. The number of ether oxygens (including phenoxy) is 1. The quantitative estimate of drug-likeness (QED) is 0.331. The van der Waals surface area contributed by atoms with Crippen LogP contribution in [0.4, 0.5) is 5.69 Å². The Bertz CT molecular complexity index is 777. The molecular weight excluding hydrogens is 384 g/mol. The summed E-state index contributed by atoms with van der Waals surface area (Å²) in [6.07, 6.45) is 6.55. The van der Waals surface area contributed by atoms with E-state index < -0.39 is 0 Å². The molecule has 29 heavy (non-hydrogen) atoms. The minimum Gasteiger partial charge on any atom is -0.494 e. The molecule has 0 fully saturated rings. The number of rotatable bonds is 12. The number of amides is 1. The van der Waals surface area contributed by atoms with E-state index >= 15 is 0 Å². The Morgan fingerprint density at radius 2 is 1.79 bits per heavy atom. The van der Waals surface area contributed by atoms with Crippen LogP contribution < -0.4 is 9.64 Å². The molecule has 0 aliphatic rings. The number of carbonyl (C=O) groups excluding carboxylic acids is 1. The van der Waals surface area contributed by atoms with E-state index in [1.165, 1.54) is 12.8 Å². The van der Waals surface area contributed by atoms with Gasteiger partial charge in [-0.25, -0.2) is 0 Å². The van der Waals surface area contributed by atoms with Crippen molar-refractivity contribution in [2.75, 3.05) is 38.7 Å². The fourth-order valence-corrected chi connectivity index (χ4v) is 3.23. The van der Waals surface area contributed by atoms with Gasteiger partial charge < -0.3 is 14.5 Å². The first-order valence-corrected chi connectivity index (χ1v) is 10.4. The Morgan fingerprint density at radius 3 is 2.48 bits per heavy atom. The van der Waals surface area contributed by atoms with E-state index in [0.29, 0.717) is 17.2 Å². The fourth-order valence-electron chi connectivity index (χ4n) is 3.04. The van der Waals surface area contributed by atoms with E-state index in [1.807, 2.05) is 30.3 Å². The molecule has 2 aromatic carbocycles. The highest BCUT2D eigenvalue weighted by Crippen LogP contribution is 2.21. The lowest BCUT2D eigenvalue weighted by Gasteiger charge is -2.18. The number of unbranched alkanes of at least 4 members (excludes halogenated alkanes) is 3. The maximum absolute atomic E-state index is 12.6. The van der Waals surface area contributed by atoms with Crippen LogP contribution in [-0.2, 0) is 0 Å². The monoisotopic (exact) mass is 414 g/mol. The molecule has 0 atom stereocenters. The highest BCUT2D eigenvalue weighted by molar-refractivity contribution is 6.31. The van der Waals surface area contributed by atoms with Crippen molar-refractivity contribution in [1.82, 2.24) is 4.90 Å². The molecule has 2 aromatic rings. The van der Waals surface area contributed by atoms with Gasteiger partial charge in [-0.2, -0.15) is 0 Å². The number of likely N-dealkylation sites (N-methyl/N-ethyl adjacent to an activating group) is 1. The van der Waals surface area contributed by atoms with Gasteiger partial charge in [-0.1, -0.05) is 36.6 Å². The third kappa shape index (κ3) is 7.92. The molecule has 0 heterocycles. The van der Waals surface area contributed by atoms with Crippen LogP contribution in [0, 0.1) is 0 Å². The van der Waals surface area contributed by atoms with Gasteiger partial charge in [0.2, 0.25) is 0 Å². The lowest BCUT2D eigenvalue weighted by atomic mass is 10.2. The molecule has 0 aliphatic heterocycles. The first-order valence-electron chi connectivity index (χ1n) is 10.1. The maximum atomic E-state index is 12.6. The van der Waals surface area contributed by atoms with Crippen LogP contribution in [0.1, 0.15) is 36.0 Å². The van der Waals surface area contributed by atoms with Crippen molar-refractivity contribution in [3.05, 3.63) is 71.8 Å². The summed E-state index contributed by atoms with van der Waals surface area (Å²) < 4.78 is 5.82. The molecule has 0 spiro atoms. The summed E-state index contributed by atoms with van der Waals surface area (Å²) in [6.45, 7) is 6.51. The van der Waals surface area contributed by atoms with E-state index in [2.05, 4.69) is 18.5 Å². The van der Waals surface area contributed by atoms with Crippen molar-refractivity contribution in [2.24, 2.45) is 0 Å². The van der Waals surface area contributed by atoms with E-state index in [9.17, 15) is 4.79 Å². The van der Waals surface area contributed by atoms with E-state index in [-0.39, 0.29) is 5.91 Å². The van der Waals surface area contributed by atoms with Gasteiger partial charge in [-0.15, -0.1) is 6.58 Å². The number of benzene rings is 2. The Kier molecular flexibility index (Phi) is 9.75. The number of nitrogens with zero attached hydrogens (tertiary/aromatic N) is 2. The molecule has 156 valence electrons. The normalized spacial score (nSPS) is 10.8. The molecule has 5 heteroatoms. The van der Waals surface area contributed by atoms with Crippen LogP contribution in [0.2, 0.25) is 5.02 Å². The van der Waals surface area contributed by atoms with Gasteiger partial charge in [0.25, 0.3) is 5.91 Å². The zero-order valence-electron chi connectivity index (χ0n) is 17.4. The summed E-state index contributed by atoms with van der Waals surface area (Å²) in [5.74, 6) is 0.725. The number of anilines is 1. The highest BCUT2D eigenvalue weighted by Gasteiger charge is 2.13. The second-order valence-corrected chi connectivity index (χ2v) is 7.62. The summed E-state index contributed by atoms with van der Waals surface area (Å²) in [7, 11) is 3.88. The maximum Gasteiger partial charge on any atom is 0.258 e. The van der Waals surface area contributed by atoms with Crippen molar-refractivity contribution in [2.45, 2.75) is 25.7 Å². The first-order chi connectivity index (χ1) is 14.0. The van der Waals surface area contributed by atoms with E-state index in [1.54, 1.807) is 36.2 Å². The fraction of sp³-hybridized carbons (Fsp3) is 0.375. The van der Waals surface area contributed by atoms with Gasteiger partial charge in [0, 0.05) is 29.9 Å². The van der Waals surface area contributed by atoms with Gasteiger partial charge in [-0.3, -0.25) is 4.79 Å². The van der Waals surface area contributed by atoms with Crippen molar-refractivity contribution < 1.29 is 9.53 Å². The average molecular weight is 415 g/mol. The Hall–Kier alpha value is -2.30. The molecule has 0 bridgehead atoms. The van der Waals surface area contributed by atoms with Crippen molar-refractivity contribution in [3.8, 4) is 5.75 Å². The molecule has 2 rings (SSSR count). The topological polar surface area (TPSA) is 32.8 Å². The van der Waals surface area contributed by atoms with Crippen LogP contribution in [0.5, 0.6) is 5.75 Å². The molecule has 0 radical (unpaired) electrons. The third-order valence-corrected chi connectivity index (χ3v) is 4.98. The molecule has 4 nitrogen and oxygen atoms in total. The molecule has 0 aliphatic carbocycles.